The number of β-amino-alcohol motifs (C(OH)–C–C–N with tert-alkyl or cyclic N) is 1. The molecule has 3 N–H and O–H groups in total. The minimum atomic E-state index is -0.506. The number of nitrogens with two attached hydrogens (primary N) is 1. The molecule has 1 atom stereocenters. The van der Waals surface area contributed by atoms with Gasteiger partial charge >= 0.3 is 0 Å². The molecule has 2 rings (SSSR count). The summed E-state index contributed by atoms with van der Waals surface area (Å²) in [5.74, 6) is 0. The molecule has 1 aliphatic rings. The number of hydrogen-bond donors (Lipinski definition) is 2. The molecule has 0 bridgehead atoms. The largest absolute Gasteiger partial charge is 0.399 e. The van der Waals surface area contributed by atoms with Crippen molar-refractivity contribution in [1.82, 2.24) is 4.90 Å². The highest BCUT2D eigenvalue weighted by Crippen LogP contribution is 2.22. The van der Waals surface area contributed by atoms with Crippen LogP contribution in [0.4, 0.5) is 5.69 Å². The Bertz CT molecular complexity index is 332. The fraction of sp³-hybridized carbons (Fsp3) is 0.500. The molecule has 0 radical (unpaired) electrons. The maximum atomic E-state index is 9.83. The lowest BCUT2D eigenvalue weighted by Gasteiger charge is -2.18. The van der Waals surface area contributed by atoms with Crippen molar-refractivity contribution in [3.8, 4) is 0 Å². The Morgan fingerprint density at radius 1 is 1.40 bits per heavy atom. The summed E-state index contributed by atoms with van der Waals surface area (Å²) in [5.41, 5.74) is 7.17. The molecule has 0 aliphatic carbocycles. The third-order valence-electron chi connectivity index (χ3n) is 2.92. The first-order chi connectivity index (χ1) is 7.05. The number of nitrogens with zero attached hydrogens (tertiary/aromatic N) is 1. The summed E-state index contributed by atoms with van der Waals surface area (Å²) in [6.45, 7) is 4.53. The molecule has 1 aliphatic heterocycles. The Labute approximate surface area is 90.5 Å². The van der Waals surface area contributed by atoms with E-state index in [0.29, 0.717) is 0 Å². The summed E-state index contributed by atoms with van der Waals surface area (Å²) in [7, 11) is 0. The van der Waals surface area contributed by atoms with Crippen LogP contribution in [0.5, 0.6) is 0 Å². The van der Waals surface area contributed by atoms with Crippen molar-refractivity contribution in [2.75, 3.05) is 18.8 Å². The van der Waals surface area contributed by atoms with Gasteiger partial charge in [-0.1, -0.05) is 12.1 Å². The lowest BCUT2D eigenvalue weighted by molar-refractivity contribution is 0.0679. The standard InChI is InChI=1S/C12H18N2O/c1-12(15)6-7-14(9-12)8-10-2-4-11(13)5-3-10/h2-5,15H,6-9,13H2,1H3. The first kappa shape index (κ1) is 10.5. The predicted molar refractivity (Wildman–Crippen MR) is 61.4 cm³/mol. The predicted octanol–water partition coefficient (Wildman–Crippen LogP) is 1.23. The van der Waals surface area contributed by atoms with E-state index in [4.69, 9.17) is 5.73 Å². The summed E-state index contributed by atoms with van der Waals surface area (Å²) in [4.78, 5) is 2.27. The van der Waals surface area contributed by atoms with E-state index in [0.717, 1.165) is 31.7 Å². The van der Waals surface area contributed by atoms with Gasteiger partial charge in [0, 0.05) is 25.3 Å². The van der Waals surface area contributed by atoms with Gasteiger partial charge in [0.2, 0.25) is 0 Å². The van der Waals surface area contributed by atoms with E-state index in [2.05, 4.69) is 4.90 Å². The molecule has 82 valence electrons. The molecule has 1 saturated heterocycles. The number of nitrogen functional groups attached to an aromatic ring is 1. The SMILES string of the molecule is CC1(O)CCN(Cc2ccc(N)cc2)C1. The van der Waals surface area contributed by atoms with E-state index in [1.54, 1.807) is 0 Å². The second-order valence-electron chi connectivity index (χ2n) is 4.70. The lowest BCUT2D eigenvalue weighted by Crippen LogP contribution is -2.29. The van der Waals surface area contributed by atoms with Crippen LogP contribution in [-0.2, 0) is 6.54 Å². The van der Waals surface area contributed by atoms with E-state index in [9.17, 15) is 5.11 Å². The van der Waals surface area contributed by atoms with Gasteiger partial charge in [-0.3, -0.25) is 4.90 Å². The van der Waals surface area contributed by atoms with Gasteiger partial charge in [0.25, 0.3) is 0 Å². The summed E-state index contributed by atoms with van der Waals surface area (Å²) >= 11 is 0. The molecule has 3 heteroatoms. The van der Waals surface area contributed by atoms with E-state index in [1.807, 2.05) is 31.2 Å². The smallest absolute Gasteiger partial charge is 0.0758 e. The molecule has 15 heavy (non-hydrogen) atoms. The zero-order valence-electron chi connectivity index (χ0n) is 9.11. The highest BCUT2D eigenvalue weighted by atomic mass is 16.3. The minimum Gasteiger partial charge on any atom is -0.399 e. The van der Waals surface area contributed by atoms with E-state index in [-0.39, 0.29) is 0 Å². The van der Waals surface area contributed by atoms with Crippen molar-refractivity contribution in [3.05, 3.63) is 29.8 Å². The molecular weight excluding hydrogens is 188 g/mol. The van der Waals surface area contributed by atoms with Gasteiger partial charge in [-0.05, 0) is 31.0 Å². The van der Waals surface area contributed by atoms with Crippen LogP contribution < -0.4 is 5.73 Å². The number of hydrogen-bond acceptors (Lipinski definition) is 3. The van der Waals surface area contributed by atoms with Crippen LogP contribution in [0.25, 0.3) is 0 Å². The lowest BCUT2D eigenvalue weighted by atomic mass is 10.1. The van der Waals surface area contributed by atoms with Crippen LogP contribution in [0.2, 0.25) is 0 Å². The topological polar surface area (TPSA) is 49.5 Å². The third kappa shape index (κ3) is 2.70. The van der Waals surface area contributed by atoms with Gasteiger partial charge in [0.1, 0.15) is 0 Å². The van der Waals surface area contributed by atoms with E-state index >= 15 is 0 Å². The highest BCUT2D eigenvalue weighted by molar-refractivity contribution is 5.39. The maximum absolute atomic E-state index is 9.83. The molecule has 3 nitrogen and oxygen atoms in total. The first-order valence-corrected chi connectivity index (χ1v) is 5.34. The second-order valence-corrected chi connectivity index (χ2v) is 4.70. The van der Waals surface area contributed by atoms with Gasteiger partial charge in [-0.25, -0.2) is 0 Å². The van der Waals surface area contributed by atoms with Gasteiger partial charge in [0.15, 0.2) is 0 Å². The van der Waals surface area contributed by atoms with Crippen LogP contribution in [0.15, 0.2) is 24.3 Å². The molecule has 0 spiro atoms. The molecule has 0 aromatic heterocycles. The van der Waals surface area contributed by atoms with Gasteiger partial charge in [0.05, 0.1) is 5.60 Å². The van der Waals surface area contributed by atoms with E-state index < -0.39 is 5.60 Å². The molecular formula is C12H18N2O. The van der Waals surface area contributed by atoms with Crippen molar-refractivity contribution in [1.29, 1.82) is 0 Å². The Kier molecular flexibility index (Phi) is 2.67. The molecule has 1 fully saturated rings. The summed E-state index contributed by atoms with van der Waals surface area (Å²) in [6, 6.07) is 7.93. The highest BCUT2D eigenvalue weighted by Gasteiger charge is 2.30. The second kappa shape index (κ2) is 3.83. The summed E-state index contributed by atoms with van der Waals surface area (Å²) < 4.78 is 0. The number of benzene rings is 1. The summed E-state index contributed by atoms with van der Waals surface area (Å²) in [6.07, 6.45) is 0.863. The Hall–Kier alpha value is -1.06. The van der Waals surface area contributed by atoms with Gasteiger partial charge in [-0.2, -0.15) is 0 Å². The number of anilines is 1. The summed E-state index contributed by atoms with van der Waals surface area (Å²) in [5, 5.41) is 9.83. The number of likely N-dealkylation sites (tertiary alicyclic amines) is 1. The average Bonchev–Trinajstić information content (AvgIpc) is 2.50. The van der Waals surface area contributed by atoms with Crippen LogP contribution >= 0.6 is 0 Å². The monoisotopic (exact) mass is 206 g/mol. The molecule has 1 aromatic carbocycles. The number of rotatable bonds is 2. The van der Waals surface area contributed by atoms with Crippen LogP contribution in [-0.4, -0.2) is 28.7 Å². The normalized spacial score (nSPS) is 27.1. The first-order valence-electron chi connectivity index (χ1n) is 5.34. The molecule has 1 unspecified atom stereocenters. The number of aliphatic hydroxyl groups is 1. The van der Waals surface area contributed by atoms with Gasteiger partial charge in [-0.15, -0.1) is 0 Å². The fourth-order valence-corrected chi connectivity index (χ4v) is 2.06. The van der Waals surface area contributed by atoms with Crippen molar-refractivity contribution < 1.29 is 5.11 Å². The van der Waals surface area contributed by atoms with Crippen molar-refractivity contribution in [2.24, 2.45) is 0 Å². The molecule has 0 amide bonds. The third-order valence-corrected chi connectivity index (χ3v) is 2.92. The molecule has 1 heterocycles. The quantitative estimate of drug-likeness (QED) is 0.715. The zero-order chi connectivity index (χ0) is 10.9. The van der Waals surface area contributed by atoms with Crippen LogP contribution in [0.3, 0.4) is 0 Å². The Morgan fingerprint density at radius 3 is 2.60 bits per heavy atom. The van der Waals surface area contributed by atoms with Crippen molar-refractivity contribution >= 4 is 5.69 Å². The van der Waals surface area contributed by atoms with Crippen LogP contribution in [0.1, 0.15) is 18.9 Å². The van der Waals surface area contributed by atoms with Crippen molar-refractivity contribution in [3.63, 3.8) is 0 Å². The zero-order valence-corrected chi connectivity index (χ0v) is 9.11. The van der Waals surface area contributed by atoms with Gasteiger partial charge < -0.3 is 10.8 Å². The Balaban J connectivity index is 1.96. The molecule has 1 aromatic rings. The Morgan fingerprint density at radius 2 is 2.07 bits per heavy atom. The maximum Gasteiger partial charge on any atom is 0.0758 e. The molecule has 0 saturated carbocycles. The minimum absolute atomic E-state index is 0.506. The van der Waals surface area contributed by atoms with Crippen molar-refractivity contribution in [2.45, 2.75) is 25.5 Å². The fourth-order valence-electron chi connectivity index (χ4n) is 2.06. The van der Waals surface area contributed by atoms with Crippen LogP contribution in [0, 0.1) is 0 Å². The van der Waals surface area contributed by atoms with E-state index in [1.165, 1.54) is 5.56 Å². The average molecular weight is 206 g/mol.